The van der Waals surface area contributed by atoms with E-state index in [4.69, 9.17) is 0 Å². The van der Waals surface area contributed by atoms with Gasteiger partial charge >= 0.3 is 0 Å². The zero-order valence-electron chi connectivity index (χ0n) is 5.80. The van der Waals surface area contributed by atoms with Gasteiger partial charge in [-0.3, -0.25) is 9.59 Å². The molecule has 10 heavy (non-hydrogen) atoms. The van der Waals surface area contributed by atoms with E-state index in [-0.39, 0.29) is 17.5 Å². The van der Waals surface area contributed by atoms with Crippen molar-refractivity contribution in [2.24, 2.45) is 11.8 Å². The molecule has 0 spiro atoms. The molecule has 2 aliphatic rings. The van der Waals surface area contributed by atoms with Gasteiger partial charge in [0.05, 0.1) is 5.92 Å². The Bertz CT molecular complexity index is 195. The smallest absolute Gasteiger partial charge is 0.143 e. The van der Waals surface area contributed by atoms with Gasteiger partial charge in [-0.05, 0) is 18.8 Å². The van der Waals surface area contributed by atoms with Gasteiger partial charge in [0.2, 0.25) is 0 Å². The normalized spacial score (nSPS) is 38.8. The number of Topliss-reactive ketones (excluding diaryl/α,β-unsaturated/α-hetero) is 2. The highest BCUT2D eigenvalue weighted by Gasteiger charge is 2.45. The van der Waals surface area contributed by atoms with Crippen LogP contribution in [0, 0.1) is 11.8 Å². The van der Waals surface area contributed by atoms with E-state index < -0.39 is 0 Å². The molecule has 2 heteroatoms. The lowest BCUT2D eigenvalue weighted by Crippen LogP contribution is -2.45. The largest absolute Gasteiger partial charge is 0.299 e. The van der Waals surface area contributed by atoms with Gasteiger partial charge in [-0.25, -0.2) is 0 Å². The summed E-state index contributed by atoms with van der Waals surface area (Å²) in [6.45, 7) is 0. The van der Waals surface area contributed by atoms with E-state index in [1.54, 1.807) is 0 Å². The van der Waals surface area contributed by atoms with Crippen molar-refractivity contribution in [2.75, 3.05) is 0 Å². The van der Waals surface area contributed by atoms with Gasteiger partial charge in [-0.15, -0.1) is 0 Å². The second-order valence-corrected chi connectivity index (χ2v) is 3.27. The Hall–Kier alpha value is -0.660. The first-order valence-corrected chi connectivity index (χ1v) is 3.84. The van der Waals surface area contributed by atoms with Crippen molar-refractivity contribution in [2.45, 2.75) is 25.7 Å². The summed E-state index contributed by atoms with van der Waals surface area (Å²) in [5, 5.41) is 0. The molecule has 2 rings (SSSR count). The van der Waals surface area contributed by atoms with Gasteiger partial charge in [0, 0.05) is 12.8 Å². The molecule has 2 nitrogen and oxygen atoms in total. The van der Waals surface area contributed by atoms with Crippen molar-refractivity contribution in [3.05, 3.63) is 0 Å². The predicted octanol–water partition coefficient (Wildman–Crippen LogP) is 0.945. The first-order valence-electron chi connectivity index (χ1n) is 3.84. The molecule has 0 N–H and O–H groups in total. The van der Waals surface area contributed by atoms with E-state index in [0.717, 1.165) is 12.8 Å². The van der Waals surface area contributed by atoms with Crippen LogP contribution in [0.1, 0.15) is 25.7 Å². The zero-order valence-corrected chi connectivity index (χ0v) is 5.80. The predicted molar refractivity (Wildman–Crippen MR) is 35.5 cm³/mol. The van der Waals surface area contributed by atoms with Gasteiger partial charge in [0.25, 0.3) is 0 Å². The van der Waals surface area contributed by atoms with Crippen LogP contribution in [0.25, 0.3) is 0 Å². The molecule has 0 aromatic heterocycles. The molecule has 54 valence electrons. The number of rotatable bonds is 0. The molecule has 0 saturated heterocycles. The molecule has 2 saturated carbocycles. The maximum absolute atomic E-state index is 11.0. The molecule has 2 aliphatic carbocycles. The second-order valence-electron chi connectivity index (χ2n) is 3.27. The summed E-state index contributed by atoms with van der Waals surface area (Å²) in [5.74, 6) is 0.671. The van der Waals surface area contributed by atoms with Crippen molar-refractivity contribution in [1.82, 2.24) is 0 Å². The fourth-order valence-electron chi connectivity index (χ4n) is 2.01. The summed E-state index contributed by atoms with van der Waals surface area (Å²) < 4.78 is 0. The number of carbonyl (C=O) groups is 2. The minimum absolute atomic E-state index is 0.159. The second kappa shape index (κ2) is 1.91. The fourth-order valence-corrected chi connectivity index (χ4v) is 2.01. The molecule has 0 heterocycles. The Morgan fingerprint density at radius 1 is 1.20 bits per heavy atom. The van der Waals surface area contributed by atoms with Crippen LogP contribution in [0.4, 0.5) is 0 Å². The first-order chi connectivity index (χ1) is 4.79. The summed E-state index contributed by atoms with van der Waals surface area (Å²) in [6.07, 6.45) is 3.43. The lowest BCUT2D eigenvalue weighted by atomic mass is 9.64. The minimum Gasteiger partial charge on any atom is -0.299 e. The van der Waals surface area contributed by atoms with E-state index >= 15 is 0 Å². The Labute approximate surface area is 59.6 Å². The SMILES string of the molecule is O=C1CCCC2CC(=O)C12. The maximum Gasteiger partial charge on any atom is 0.143 e. The molecule has 2 atom stereocenters. The van der Waals surface area contributed by atoms with Gasteiger partial charge in [-0.1, -0.05) is 0 Å². The molecule has 2 fully saturated rings. The van der Waals surface area contributed by atoms with E-state index in [0.29, 0.717) is 18.8 Å². The van der Waals surface area contributed by atoms with Crippen LogP contribution < -0.4 is 0 Å². The standard InChI is InChI=1S/C8H10O2/c9-6-3-1-2-5-4-7(10)8(5)6/h5,8H,1-4H2. The lowest BCUT2D eigenvalue weighted by Gasteiger charge is -2.37. The number of carbonyl (C=O) groups excluding carboxylic acids is 2. The quantitative estimate of drug-likeness (QED) is 0.467. The van der Waals surface area contributed by atoms with E-state index in [1.807, 2.05) is 0 Å². The molecule has 0 aromatic carbocycles. The van der Waals surface area contributed by atoms with Gasteiger partial charge in [0.1, 0.15) is 11.6 Å². The van der Waals surface area contributed by atoms with Crippen LogP contribution in [0.2, 0.25) is 0 Å². The van der Waals surface area contributed by atoms with Crippen molar-refractivity contribution in [3.63, 3.8) is 0 Å². The third kappa shape index (κ3) is 0.648. The molecule has 2 unspecified atom stereocenters. The minimum atomic E-state index is -0.159. The third-order valence-electron chi connectivity index (χ3n) is 2.63. The Kier molecular flexibility index (Phi) is 1.16. The van der Waals surface area contributed by atoms with E-state index in [9.17, 15) is 9.59 Å². The highest BCUT2D eigenvalue weighted by molar-refractivity contribution is 6.07. The van der Waals surface area contributed by atoms with Crippen molar-refractivity contribution in [3.8, 4) is 0 Å². The van der Waals surface area contributed by atoms with Gasteiger partial charge in [0.15, 0.2) is 0 Å². The number of fused-ring (bicyclic) bond motifs is 1. The Morgan fingerprint density at radius 2 is 2.00 bits per heavy atom. The summed E-state index contributed by atoms with van der Waals surface area (Å²) in [4.78, 5) is 21.9. The van der Waals surface area contributed by atoms with Crippen molar-refractivity contribution >= 4 is 11.6 Å². The molecule has 0 amide bonds. The fraction of sp³-hybridized carbons (Fsp3) is 0.750. The van der Waals surface area contributed by atoms with Crippen LogP contribution in [0.15, 0.2) is 0 Å². The van der Waals surface area contributed by atoms with Crippen molar-refractivity contribution in [1.29, 1.82) is 0 Å². The summed E-state index contributed by atoms with van der Waals surface area (Å²) in [5.41, 5.74) is 0. The summed E-state index contributed by atoms with van der Waals surface area (Å²) >= 11 is 0. The molecule has 0 radical (unpaired) electrons. The zero-order chi connectivity index (χ0) is 7.14. The molecule has 0 aliphatic heterocycles. The van der Waals surface area contributed by atoms with Crippen molar-refractivity contribution < 1.29 is 9.59 Å². The van der Waals surface area contributed by atoms with E-state index in [1.165, 1.54) is 0 Å². The topological polar surface area (TPSA) is 34.1 Å². The average molecular weight is 138 g/mol. The van der Waals surface area contributed by atoms with Gasteiger partial charge in [-0.2, -0.15) is 0 Å². The average Bonchev–Trinajstić information content (AvgIpc) is 1.85. The molecular weight excluding hydrogens is 128 g/mol. The van der Waals surface area contributed by atoms with Crippen LogP contribution in [-0.4, -0.2) is 11.6 Å². The highest BCUT2D eigenvalue weighted by atomic mass is 16.2. The Morgan fingerprint density at radius 3 is 2.50 bits per heavy atom. The lowest BCUT2D eigenvalue weighted by molar-refractivity contribution is -0.146. The van der Waals surface area contributed by atoms with Crippen LogP contribution in [0.5, 0.6) is 0 Å². The monoisotopic (exact) mass is 138 g/mol. The molecule has 0 bridgehead atoms. The number of hydrogen-bond acceptors (Lipinski definition) is 2. The summed E-state index contributed by atoms with van der Waals surface area (Å²) in [6, 6.07) is 0. The van der Waals surface area contributed by atoms with Gasteiger partial charge < -0.3 is 0 Å². The van der Waals surface area contributed by atoms with E-state index in [2.05, 4.69) is 0 Å². The van der Waals surface area contributed by atoms with Crippen LogP contribution in [-0.2, 0) is 9.59 Å². The highest BCUT2D eigenvalue weighted by Crippen LogP contribution is 2.39. The summed E-state index contributed by atoms with van der Waals surface area (Å²) in [7, 11) is 0. The van der Waals surface area contributed by atoms with Crippen LogP contribution in [0.3, 0.4) is 0 Å². The number of ketones is 2. The number of hydrogen-bond donors (Lipinski definition) is 0. The molecule has 0 aromatic rings. The maximum atomic E-state index is 11.0. The third-order valence-corrected chi connectivity index (χ3v) is 2.63. The van der Waals surface area contributed by atoms with Crippen LogP contribution >= 0.6 is 0 Å². The first kappa shape index (κ1) is 6.08. The Balaban J connectivity index is 2.15. The molecular formula is C8H10O2.